The number of hydrogen-bond donors (Lipinski definition) is 2. The van der Waals surface area contributed by atoms with E-state index in [2.05, 4.69) is 25.7 Å². The number of alkyl halides is 3. The zero-order valence-electron chi connectivity index (χ0n) is 13.0. The van der Waals surface area contributed by atoms with E-state index >= 15 is 0 Å². The molecule has 22 heavy (non-hydrogen) atoms. The SMILES string of the molecule is CN=C(NCCCN(C)CC(F)(F)F)NCc1ncnn1C. The zero-order valence-corrected chi connectivity index (χ0v) is 13.0. The van der Waals surface area contributed by atoms with Crippen LogP contribution in [-0.2, 0) is 13.6 Å². The number of rotatable bonds is 7. The third kappa shape index (κ3) is 7.25. The van der Waals surface area contributed by atoms with Crippen molar-refractivity contribution in [3.63, 3.8) is 0 Å². The van der Waals surface area contributed by atoms with Crippen LogP contribution in [0.5, 0.6) is 0 Å². The summed E-state index contributed by atoms with van der Waals surface area (Å²) in [7, 11) is 4.87. The van der Waals surface area contributed by atoms with Gasteiger partial charge in [0, 0.05) is 20.6 Å². The molecule has 0 aliphatic heterocycles. The van der Waals surface area contributed by atoms with E-state index in [-0.39, 0.29) is 0 Å². The van der Waals surface area contributed by atoms with Crippen molar-refractivity contribution in [2.45, 2.75) is 19.1 Å². The van der Waals surface area contributed by atoms with Crippen molar-refractivity contribution in [3.05, 3.63) is 12.2 Å². The summed E-state index contributed by atoms with van der Waals surface area (Å²) < 4.78 is 38.1. The van der Waals surface area contributed by atoms with E-state index in [0.29, 0.717) is 32.0 Å². The molecule has 7 nitrogen and oxygen atoms in total. The Morgan fingerprint density at radius 2 is 2.14 bits per heavy atom. The maximum atomic E-state index is 12.2. The highest BCUT2D eigenvalue weighted by Gasteiger charge is 2.28. The Morgan fingerprint density at radius 3 is 2.68 bits per heavy atom. The van der Waals surface area contributed by atoms with E-state index in [1.165, 1.54) is 18.3 Å². The number of nitrogens with zero attached hydrogens (tertiary/aromatic N) is 5. The van der Waals surface area contributed by atoms with Crippen LogP contribution < -0.4 is 10.6 Å². The number of nitrogens with one attached hydrogen (secondary N) is 2. The lowest BCUT2D eigenvalue weighted by atomic mass is 10.4. The average molecular weight is 321 g/mol. The van der Waals surface area contributed by atoms with E-state index in [1.807, 2.05) is 0 Å². The minimum absolute atomic E-state index is 0.354. The maximum absolute atomic E-state index is 12.2. The minimum atomic E-state index is -4.16. The van der Waals surface area contributed by atoms with Crippen LogP contribution in [0.3, 0.4) is 0 Å². The van der Waals surface area contributed by atoms with E-state index < -0.39 is 12.7 Å². The molecule has 126 valence electrons. The molecule has 0 spiro atoms. The topological polar surface area (TPSA) is 70.4 Å². The second kappa shape index (κ2) is 8.57. The summed E-state index contributed by atoms with van der Waals surface area (Å²) in [5, 5.41) is 10.1. The second-order valence-electron chi connectivity index (χ2n) is 4.86. The van der Waals surface area contributed by atoms with Gasteiger partial charge in [-0.25, -0.2) is 4.98 Å². The molecule has 0 saturated heterocycles. The number of guanidine groups is 1. The van der Waals surface area contributed by atoms with Crippen molar-refractivity contribution in [1.29, 1.82) is 0 Å². The molecule has 0 saturated carbocycles. The number of halogens is 3. The second-order valence-corrected chi connectivity index (χ2v) is 4.86. The van der Waals surface area contributed by atoms with Gasteiger partial charge in [-0.3, -0.25) is 14.6 Å². The third-order valence-corrected chi connectivity index (χ3v) is 2.90. The van der Waals surface area contributed by atoms with E-state index in [9.17, 15) is 13.2 Å². The van der Waals surface area contributed by atoms with Gasteiger partial charge in [-0.15, -0.1) is 0 Å². The highest BCUT2D eigenvalue weighted by Crippen LogP contribution is 2.15. The quantitative estimate of drug-likeness (QED) is 0.431. The van der Waals surface area contributed by atoms with Crippen molar-refractivity contribution in [2.24, 2.45) is 12.0 Å². The first kappa shape index (κ1) is 18.2. The highest BCUT2D eigenvalue weighted by molar-refractivity contribution is 5.79. The van der Waals surface area contributed by atoms with E-state index in [1.54, 1.807) is 18.8 Å². The Hall–Kier alpha value is -1.84. The summed E-state index contributed by atoms with van der Waals surface area (Å²) >= 11 is 0. The molecular weight excluding hydrogens is 299 g/mol. The fourth-order valence-electron chi connectivity index (χ4n) is 1.80. The van der Waals surface area contributed by atoms with Gasteiger partial charge in [0.1, 0.15) is 12.2 Å². The first-order valence-corrected chi connectivity index (χ1v) is 6.84. The largest absolute Gasteiger partial charge is 0.401 e. The monoisotopic (exact) mass is 321 g/mol. The third-order valence-electron chi connectivity index (χ3n) is 2.90. The van der Waals surface area contributed by atoms with Crippen molar-refractivity contribution in [1.82, 2.24) is 30.3 Å². The lowest BCUT2D eigenvalue weighted by Gasteiger charge is -2.18. The van der Waals surface area contributed by atoms with Gasteiger partial charge in [0.2, 0.25) is 0 Å². The van der Waals surface area contributed by atoms with Crippen LogP contribution >= 0.6 is 0 Å². The van der Waals surface area contributed by atoms with Gasteiger partial charge in [-0.1, -0.05) is 0 Å². The molecule has 0 atom stereocenters. The molecular formula is C12H22F3N7. The number of aliphatic imine (C=N–C) groups is 1. The first-order valence-electron chi connectivity index (χ1n) is 6.84. The van der Waals surface area contributed by atoms with Gasteiger partial charge in [-0.2, -0.15) is 18.3 Å². The van der Waals surface area contributed by atoms with Gasteiger partial charge in [0.15, 0.2) is 5.96 Å². The smallest absolute Gasteiger partial charge is 0.356 e. The fraction of sp³-hybridized carbons (Fsp3) is 0.750. The summed E-state index contributed by atoms with van der Waals surface area (Å²) in [6, 6.07) is 0. The van der Waals surface area contributed by atoms with Crippen LogP contribution in [0.2, 0.25) is 0 Å². The lowest BCUT2D eigenvalue weighted by molar-refractivity contribution is -0.143. The lowest BCUT2D eigenvalue weighted by Crippen LogP contribution is -2.39. The van der Waals surface area contributed by atoms with Crippen LogP contribution in [0.25, 0.3) is 0 Å². The summed E-state index contributed by atoms with van der Waals surface area (Å²) in [5.74, 6) is 1.33. The summed E-state index contributed by atoms with van der Waals surface area (Å²) in [5.41, 5.74) is 0. The fourth-order valence-corrected chi connectivity index (χ4v) is 1.80. The Kier molecular flexibility index (Phi) is 7.09. The van der Waals surface area contributed by atoms with Crippen LogP contribution in [0.4, 0.5) is 13.2 Å². The van der Waals surface area contributed by atoms with Crippen LogP contribution in [-0.4, -0.2) is 65.5 Å². The Balaban J connectivity index is 2.21. The molecule has 0 aromatic carbocycles. The Morgan fingerprint density at radius 1 is 1.41 bits per heavy atom. The van der Waals surface area contributed by atoms with Gasteiger partial charge >= 0.3 is 6.18 Å². The molecule has 0 aliphatic rings. The van der Waals surface area contributed by atoms with Crippen LogP contribution in [0.1, 0.15) is 12.2 Å². The number of aromatic nitrogens is 3. The summed E-state index contributed by atoms with van der Waals surface area (Å²) in [6.45, 7) is 0.448. The summed E-state index contributed by atoms with van der Waals surface area (Å²) in [4.78, 5) is 9.35. The maximum Gasteiger partial charge on any atom is 0.401 e. The standard InChI is InChI=1S/C12H22F3N7/c1-16-11(18-7-10-19-9-20-22(10)3)17-5-4-6-21(2)8-12(13,14)15/h9H,4-8H2,1-3H3,(H2,16,17,18). The zero-order chi connectivity index (χ0) is 16.6. The molecule has 0 radical (unpaired) electrons. The molecule has 1 aromatic rings. The van der Waals surface area contributed by atoms with Gasteiger partial charge in [-0.05, 0) is 20.0 Å². The van der Waals surface area contributed by atoms with Crippen molar-refractivity contribution in [3.8, 4) is 0 Å². The van der Waals surface area contributed by atoms with Crippen molar-refractivity contribution in [2.75, 3.05) is 33.7 Å². The summed E-state index contributed by atoms with van der Waals surface area (Å²) in [6.07, 6.45) is -2.11. The van der Waals surface area contributed by atoms with Gasteiger partial charge in [0.05, 0.1) is 13.1 Å². The molecule has 1 rings (SSSR count). The normalized spacial score (nSPS) is 12.8. The number of hydrogen-bond acceptors (Lipinski definition) is 4. The molecule has 2 N–H and O–H groups in total. The molecule has 0 aliphatic carbocycles. The molecule has 0 amide bonds. The van der Waals surface area contributed by atoms with Crippen molar-refractivity contribution >= 4 is 5.96 Å². The van der Waals surface area contributed by atoms with Gasteiger partial charge in [0.25, 0.3) is 0 Å². The minimum Gasteiger partial charge on any atom is -0.356 e. The van der Waals surface area contributed by atoms with Crippen LogP contribution in [0.15, 0.2) is 11.3 Å². The van der Waals surface area contributed by atoms with E-state index in [4.69, 9.17) is 0 Å². The molecule has 1 heterocycles. The van der Waals surface area contributed by atoms with E-state index in [0.717, 1.165) is 5.82 Å². The molecule has 10 heteroatoms. The average Bonchev–Trinajstić information content (AvgIpc) is 2.81. The Labute approximate surface area is 127 Å². The molecule has 0 unspecified atom stereocenters. The highest BCUT2D eigenvalue weighted by atomic mass is 19.4. The predicted molar refractivity (Wildman–Crippen MR) is 77.4 cm³/mol. The Bertz CT molecular complexity index is 470. The predicted octanol–water partition coefficient (Wildman–Crippen LogP) is 0.364. The van der Waals surface area contributed by atoms with Crippen molar-refractivity contribution < 1.29 is 13.2 Å². The first-order chi connectivity index (χ1) is 10.3. The van der Waals surface area contributed by atoms with Crippen LogP contribution in [0, 0.1) is 0 Å². The van der Waals surface area contributed by atoms with Gasteiger partial charge < -0.3 is 10.6 Å². The molecule has 0 bridgehead atoms. The number of aryl methyl sites for hydroxylation is 1. The molecule has 1 aromatic heterocycles. The molecule has 0 fully saturated rings.